The molecule has 0 saturated carbocycles. The van der Waals surface area contributed by atoms with Gasteiger partial charge in [0.25, 0.3) is 0 Å². The van der Waals surface area contributed by atoms with Crippen LogP contribution in [0, 0.1) is 5.82 Å². The van der Waals surface area contributed by atoms with Crippen molar-refractivity contribution in [3.8, 4) is 5.75 Å². The Morgan fingerprint density at radius 3 is 2.39 bits per heavy atom. The highest BCUT2D eigenvalue weighted by molar-refractivity contribution is 9.10. The van der Waals surface area contributed by atoms with Crippen molar-refractivity contribution >= 4 is 15.9 Å². The van der Waals surface area contributed by atoms with Crippen molar-refractivity contribution in [2.24, 2.45) is 5.73 Å². The van der Waals surface area contributed by atoms with E-state index >= 15 is 0 Å². The topological polar surface area (TPSA) is 35.2 Å². The molecule has 0 heterocycles. The summed E-state index contributed by atoms with van der Waals surface area (Å²) in [4.78, 5) is 0. The Balaban J connectivity index is 2.31. The molecule has 1 unspecified atom stereocenters. The van der Waals surface area contributed by atoms with E-state index in [1.807, 2.05) is 24.3 Å². The smallest absolute Gasteiger partial charge is 0.124 e. The minimum atomic E-state index is -0.300. The maximum Gasteiger partial charge on any atom is 0.124 e. The molecule has 0 saturated heterocycles. The average molecular weight is 310 g/mol. The van der Waals surface area contributed by atoms with E-state index in [4.69, 9.17) is 10.5 Å². The molecule has 0 aliphatic carbocycles. The van der Waals surface area contributed by atoms with Crippen LogP contribution in [0.3, 0.4) is 0 Å². The van der Waals surface area contributed by atoms with E-state index in [9.17, 15) is 4.39 Å². The van der Waals surface area contributed by atoms with E-state index in [2.05, 4.69) is 15.9 Å². The molecule has 0 fully saturated rings. The molecule has 94 valence electrons. The molecule has 0 spiro atoms. The van der Waals surface area contributed by atoms with Crippen molar-refractivity contribution in [2.45, 2.75) is 6.04 Å². The molecule has 2 rings (SSSR count). The zero-order valence-corrected chi connectivity index (χ0v) is 11.4. The van der Waals surface area contributed by atoms with Gasteiger partial charge in [0.05, 0.1) is 13.2 Å². The van der Waals surface area contributed by atoms with Crippen molar-refractivity contribution < 1.29 is 9.13 Å². The lowest BCUT2D eigenvalue weighted by Gasteiger charge is -2.14. The second-order valence-corrected chi connectivity index (χ2v) is 4.77. The lowest BCUT2D eigenvalue weighted by molar-refractivity contribution is 0.414. The minimum Gasteiger partial charge on any atom is -0.497 e. The highest BCUT2D eigenvalue weighted by Crippen LogP contribution is 2.28. The van der Waals surface area contributed by atoms with Crippen molar-refractivity contribution in [1.29, 1.82) is 0 Å². The zero-order chi connectivity index (χ0) is 13.1. The van der Waals surface area contributed by atoms with Crippen molar-refractivity contribution in [3.63, 3.8) is 0 Å². The predicted molar refractivity (Wildman–Crippen MR) is 73.1 cm³/mol. The molecule has 18 heavy (non-hydrogen) atoms. The summed E-state index contributed by atoms with van der Waals surface area (Å²) in [6.45, 7) is 0. The highest BCUT2D eigenvalue weighted by atomic mass is 79.9. The lowest BCUT2D eigenvalue weighted by Crippen LogP contribution is -2.12. The van der Waals surface area contributed by atoms with Gasteiger partial charge in [0, 0.05) is 4.47 Å². The molecule has 2 N–H and O–H groups in total. The molecule has 2 nitrogen and oxygen atoms in total. The second kappa shape index (κ2) is 5.50. The Labute approximate surface area is 114 Å². The first-order valence-corrected chi connectivity index (χ1v) is 6.25. The number of halogens is 2. The normalized spacial score (nSPS) is 12.2. The van der Waals surface area contributed by atoms with Gasteiger partial charge in [-0.3, -0.25) is 0 Å². The highest BCUT2D eigenvalue weighted by Gasteiger charge is 2.12. The van der Waals surface area contributed by atoms with Gasteiger partial charge in [0.15, 0.2) is 0 Å². The summed E-state index contributed by atoms with van der Waals surface area (Å²) >= 11 is 3.33. The Bertz CT molecular complexity index is 542. The largest absolute Gasteiger partial charge is 0.497 e. The van der Waals surface area contributed by atoms with Crippen molar-refractivity contribution in [3.05, 3.63) is 63.9 Å². The second-order valence-electron chi connectivity index (χ2n) is 3.92. The van der Waals surface area contributed by atoms with E-state index in [1.54, 1.807) is 13.2 Å². The number of methoxy groups -OCH3 is 1. The van der Waals surface area contributed by atoms with Crippen LogP contribution in [0.1, 0.15) is 17.2 Å². The fourth-order valence-corrected chi connectivity index (χ4v) is 2.34. The fourth-order valence-electron chi connectivity index (χ4n) is 1.74. The standard InChI is InChI=1S/C14H13BrFNO/c1-18-11-5-2-9(3-6-11)14(17)12-7-4-10(16)8-13(12)15/h2-8,14H,17H2,1H3. The van der Waals surface area contributed by atoms with Crippen LogP contribution in [0.4, 0.5) is 4.39 Å². The van der Waals surface area contributed by atoms with Gasteiger partial charge in [0.2, 0.25) is 0 Å². The summed E-state index contributed by atoms with van der Waals surface area (Å²) in [6.07, 6.45) is 0. The first kappa shape index (κ1) is 13.1. The van der Waals surface area contributed by atoms with Crippen molar-refractivity contribution in [2.75, 3.05) is 7.11 Å². The van der Waals surface area contributed by atoms with Crippen molar-refractivity contribution in [1.82, 2.24) is 0 Å². The number of nitrogens with two attached hydrogens (primary N) is 1. The minimum absolute atomic E-state index is 0.285. The summed E-state index contributed by atoms with van der Waals surface area (Å²) in [5.41, 5.74) is 7.96. The molecule has 0 radical (unpaired) electrons. The van der Waals surface area contributed by atoms with Crippen LogP contribution in [0.5, 0.6) is 5.75 Å². The summed E-state index contributed by atoms with van der Waals surface area (Å²) in [6, 6.07) is 11.7. The number of rotatable bonds is 3. The summed E-state index contributed by atoms with van der Waals surface area (Å²) in [7, 11) is 1.62. The van der Waals surface area contributed by atoms with E-state index < -0.39 is 0 Å². The molecule has 0 bridgehead atoms. The van der Waals surface area contributed by atoms with Gasteiger partial charge in [-0.2, -0.15) is 0 Å². The summed E-state index contributed by atoms with van der Waals surface area (Å²) in [5.74, 6) is 0.497. The molecule has 0 aliphatic heterocycles. The third-order valence-electron chi connectivity index (χ3n) is 2.77. The first-order chi connectivity index (χ1) is 8.61. The predicted octanol–water partition coefficient (Wildman–Crippen LogP) is 3.64. The Morgan fingerprint density at radius 1 is 1.17 bits per heavy atom. The maximum absolute atomic E-state index is 13.0. The number of benzene rings is 2. The molecule has 0 amide bonds. The van der Waals surface area contributed by atoms with Gasteiger partial charge in [0.1, 0.15) is 11.6 Å². The molecule has 2 aromatic carbocycles. The van der Waals surface area contributed by atoms with Gasteiger partial charge in [-0.15, -0.1) is 0 Å². The molecule has 4 heteroatoms. The van der Waals surface area contributed by atoms with E-state index in [1.165, 1.54) is 12.1 Å². The first-order valence-electron chi connectivity index (χ1n) is 5.46. The van der Waals surface area contributed by atoms with Crippen LogP contribution in [-0.4, -0.2) is 7.11 Å². The van der Waals surface area contributed by atoms with E-state index in [0.29, 0.717) is 4.47 Å². The van der Waals surface area contributed by atoms with Crippen LogP contribution in [0.2, 0.25) is 0 Å². The summed E-state index contributed by atoms with van der Waals surface area (Å²) in [5, 5.41) is 0. The molecular weight excluding hydrogens is 297 g/mol. The van der Waals surface area contributed by atoms with Gasteiger partial charge >= 0.3 is 0 Å². The van der Waals surface area contributed by atoms with Gasteiger partial charge in [-0.1, -0.05) is 34.1 Å². The monoisotopic (exact) mass is 309 g/mol. The fraction of sp³-hybridized carbons (Fsp3) is 0.143. The Kier molecular flexibility index (Phi) is 3.99. The van der Waals surface area contributed by atoms with Gasteiger partial charge < -0.3 is 10.5 Å². The maximum atomic E-state index is 13.0. The molecule has 0 aliphatic rings. The van der Waals surface area contributed by atoms with Gasteiger partial charge in [-0.05, 0) is 35.4 Å². The van der Waals surface area contributed by atoms with Crippen LogP contribution in [0.25, 0.3) is 0 Å². The molecule has 2 aromatic rings. The average Bonchev–Trinajstić information content (AvgIpc) is 2.38. The number of hydrogen-bond donors (Lipinski definition) is 1. The molecular formula is C14H13BrFNO. The third-order valence-corrected chi connectivity index (χ3v) is 3.46. The van der Waals surface area contributed by atoms with Crippen LogP contribution in [0.15, 0.2) is 46.9 Å². The summed E-state index contributed by atoms with van der Waals surface area (Å²) < 4.78 is 18.8. The Hall–Kier alpha value is -1.39. The van der Waals surface area contributed by atoms with E-state index in [0.717, 1.165) is 16.9 Å². The quantitative estimate of drug-likeness (QED) is 0.939. The number of hydrogen-bond acceptors (Lipinski definition) is 2. The lowest BCUT2D eigenvalue weighted by atomic mass is 9.99. The van der Waals surface area contributed by atoms with Crippen LogP contribution >= 0.6 is 15.9 Å². The third kappa shape index (κ3) is 2.71. The van der Waals surface area contributed by atoms with Crippen LogP contribution < -0.4 is 10.5 Å². The Morgan fingerprint density at radius 2 is 1.83 bits per heavy atom. The zero-order valence-electron chi connectivity index (χ0n) is 9.86. The molecule has 1 atom stereocenters. The van der Waals surface area contributed by atoms with Gasteiger partial charge in [-0.25, -0.2) is 4.39 Å². The van der Waals surface area contributed by atoms with E-state index in [-0.39, 0.29) is 11.9 Å². The number of ether oxygens (including phenoxy) is 1. The van der Waals surface area contributed by atoms with Crippen LogP contribution in [-0.2, 0) is 0 Å². The molecule has 0 aromatic heterocycles. The SMILES string of the molecule is COc1ccc(C(N)c2ccc(F)cc2Br)cc1.